The van der Waals surface area contributed by atoms with Crippen LogP contribution in [0.15, 0.2) is 0 Å². The molecule has 0 rings (SSSR count). The number of ether oxygens (including phenoxy) is 1. The van der Waals surface area contributed by atoms with Crippen molar-refractivity contribution in [3.63, 3.8) is 0 Å². The summed E-state index contributed by atoms with van der Waals surface area (Å²) in [5, 5.41) is 8.60. The lowest BCUT2D eigenvalue weighted by Crippen LogP contribution is -2.05. The highest BCUT2D eigenvalue weighted by atomic mass is 79.9. The van der Waals surface area contributed by atoms with E-state index in [9.17, 15) is 4.79 Å². The number of esters is 1. The van der Waals surface area contributed by atoms with Crippen molar-refractivity contribution >= 4 is 21.9 Å². The minimum absolute atomic E-state index is 0.116. The maximum Gasteiger partial charge on any atom is 0.305 e. The van der Waals surface area contributed by atoms with Crippen molar-refractivity contribution in [3.05, 3.63) is 0 Å². The molecule has 0 spiro atoms. The lowest BCUT2D eigenvalue weighted by atomic mass is 10.1. The van der Waals surface area contributed by atoms with E-state index in [2.05, 4.69) is 15.9 Å². The molecule has 0 aliphatic carbocycles. The summed E-state index contributed by atoms with van der Waals surface area (Å²) in [5.74, 6) is -0.116. The van der Waals surface area contributed by atoms with Crippen molar-refractivity contribution in [2.45, 2.75) is 43.9 Å². The molecule has 0 aromatic heterocycles. The number of alkyl halides is 1. The Morgan fingerprint density at radius 1 is 1.43 bits per heavy atom. The van der Waals surface area contributed by atoms with Crippen LogP contribution in [0.1, 0.15) is 39.0 Å². The van der Waals surface area contributed by atoms with E-state index in [0.717, 1.165) is 25.7 Å². The lowest BCUT2D eigenvalue weighted by molar-refractivity contribution is -0.143. The predicted molar refractivity (Wildman–Crippen MR) is 59.5 cm³/mol. The highest BCUT2D eigenvalue weighted by Gasteiger charge is 2.06. The Morgan fingerprint density at radius 3 is 2.64 bits per heavy atom. The molecule has 1 unspecified atom stereocenters. The highest BCUT2D eigenvalue weighted by molar-refractivity contribution is 9.09. The fraction of sp³-hybridized carbons (Fsp3) is 0.900. The summed E-state index contributed by atoms with van der Waals surface area (Å²) < 4.78 is 4.81. The van der Waals surface area contributed by atoms with E-state index < -0.39 is 0 Å². The van der Waals surface area contributed by atoms with Crippen LogP contribution in [-0.2, 0) is 9.53 Å². The Morgan fingerprint density at radius 2 is 2.07 bits per heavy atom. The number of hydrogen-bond acceptors (Lipinski definition) is 3. The zero-order valence-electron chi connectivity index (χ0n) is 8.67. The summed E-state index contributed by atoms with van der Waals surface area (Å²) in [6, 6.07) is 0. The number of aliphatic hydroxyl groups excluding tert-OH is 1. The van der Waals surface area contributed by atoms with Crippen LogP contribution in [0, 0.1) is 0 Å². The van der Waals surface area contributed by atoms with Gasteiger partial charge in [0.25, 0.3) is 0 Å². The van der Waals surface area contributed by atoms with Gasteiger partial charge in [0.2, 0.25) is 0 Å². The molecule has 0 radical (unpaired) electrons. The van der Waals surface area contributed by atoms with E-state index in [0.29, 0.717) is 17.9 Å². The molecule has 0 aromatic carbocycles. The second-order valence-electron chi connectivity index (χ2n) is 3.16. The van der Waals surface area contributed by atoms with E-state index in [1.54, 1.807) is 0 Å². The molecule has 0 saturated heterocycles. The molecule has 0 aromatic rings. The zero-order chi connectivity index (χ0) is 10.8. The Balaban J connectivity index is 3.29. The normalized spacial score (nSPS) is 12.5. The van der Waals surface area contributed by atoms with Crippen LogP contribution in [0.2, 0.25) is 0 Å². The standard InChI is InChI=1S/C10H19BrO3/c1-2-14-10(13)7-3-5-9(11)6-4-8-12/h9,12H,2-8H2,1H3. The van der Waals surface area contributed by atoms with Gasteiger partial charge in [-0.2, -0.15) is 0 Å². The smallest absolute Gasteiger partial charge is 0.305 e. The summed E-state index contributed by atoms with van der Waals surface area (Å²) in [6.45, 7) is 2.51. The average molecular weight is 267 g/mol. The van der Waals surface area contributed by atoms with Gasteiger partial charge in [0, 0.05) is 17.9 Å². The highest BCUT2D eigenvalue weighted by Crippen LogP contribution is 2.15. The van der Waals surface area contributed by atoms with Gasteiger partial charge in [-0.05, 0) is 32.6 Å². The minimum Gasteiger partial charge on any atom is -0.466 e. The van der Waals surface area contributed by atoms with Crippen LogP contribution < -0.4 is 0 Å². The third kappa shape index (κ3) is 8.51. The monoisotopic (exact) mass is 266 g/mol. The first kappa shape index (κ1) is 13.9. The molecular weight excluding hydrogens is 248 g/mol. The molecule has 3 nitrogen and oxygen atoms in total. The van der Waals surface area contributed by atoms with Crippen LogP contribution in [0.5, 0.6) is 0 Å². The van der Waals surface area contributed by atoms with E-state index in [4.69, 9.17) is 9.84 Å². The molecule has 1 atom stereocenters. The number of hydrogen-bond donors (Lipinski definition) is 1. The number of carbonyl (C=O) groups excluding carboxylic acids is 1. The fourth-order valence-corrected chi connectivity index (χ4v) is 1.81. The molecule has 84 valence electrons. The summed E-state index contributed by atoms with van der Waals surface area (Å²) in [5.41, 5.74) is 0. The van der Waals surface area contributed by atoms with E-state index in [1.807, 2.05) is 6.92 Å². The maximum absolute atomic E-state index is 11.0. The van der Waals surface area contributed by atoms with Crippen LogP contribution in [-0.4, -0.2) is 29.1 Å². The molecule has 0 saturated carbocycles. The van der Waals surface area contributed by atoms with Crippen molar-refractivity contribution in [2.24, 2.45) is 0 Å². The summed E-state index contributed by atoms with van der Waals surface area (Å²) in [4.78, 5) is 11.4. The van der Waals surface area contributed by atoms with Gasteiger partial charge in [0.1, 0.15) is 0 Å². The van der Waals surface area contributed by atoms with Crippen molar-refractivity contribution in [3.8, 4) is 0 Å². The molecule has 4 heteroatoms. The number of carbonyl (C=O) groups is 1. The van der Waals surface area contributed by atoms with Crippen molar-refractivity contribution in [2.75, 3.05) is 13.2 Å². The van der Waals surface area contributed by atoms with Crippen molar-refractivity contribution in [1.82, 2.24) is 0 Å². The van der Waals surface area contributed by atoms with Gasteiger partial charge < -0.3 is 9.84 Å². The van der Waals surface area contributed by atoms with E-state index >= 15 is 0 Å². The first-order chi connectivity index (χ1) is 6.70. The van der Waals surface area contributed by atoms with Crippen LogP contribution in [0.3, 0.4) is 0 Å². The minimum atomic E-state index is -0.116. The SMILES string of the molecule is CCOC(=O)CCCC(Br)CCCO. The molecule has 0 amide bonds. The number of halogens is 1. The quantitative estimate of drug-likeness (QED) is 0.542. The molecule has 0 aliphatic heterocycles. The summed E-state index contributed by atoms with van der Waals surface area (Å²) in [7, 11) is 0. The molecular formula is C10H19BrO3. The van der Waals surface area contributed by atoms with Crippen LogP contribution in [0.25, 0.3) is 0 Å². The molecule has 0 fully saturated rings. The van der Waals surface area contributed by atoms with Crippen LogP contribution in [0.4, 0.5) is 0 Å². The van der Waals surface area contributed by atoms with Gasteiger partial charge in [-0.15, -0.1) is 0 Å². The Labute approximate surface area is 94.0 Å². The molecule has 0 heterocycles. The first-order valence-corrected chi connectivity index (χ1v) is 6.02. The third-order valence-electron chi connectivity index (χ3n) is 1.88. The largest absolute Gasteiger partial charge is 0.466 e. The molecule has 14 heavy (non-hydrogen) atoms. The molecule has 0 aliphatic rings. The second-order valence-corrected chi connectivity index (χ2v) is 4.46. The summed E-state index contributed by atoms with van der Waals surface area (Å²) >= 11 is 3.50. The maximum atomic E-state index is 11.0. The van der Waals surface area contributed by atoms with Gasteiger partial charge in [0.15, 0.2) is 0 Å². The third-order valence-corrected chi connectivity index (χ3v) is 2.79. The predicted octanol–water partition coefficient (Wildman–Crippen LogP) is 2.26. The number of aliphatic hydroxyl groups is 1. The van der Waals surface area contributed by atoms with E-state index in [1.165, 1.54) is 0 Å². The van der Waals surface area contributed by atoms with Gasteiger partial charge in [-0.3, -0.25) is 4.79 Å². The first-order valence-electron chi connectivity index (χ1n) is 5.11. The van der Waals surface area contributed by atoms with Crippen molar-refractivity contribution in [1.29, 1.82) is 0 Å². The van der Waals surface area contributed by atoms with Gasteiger partial charge in [-0.25, -0.2) is 0 Å². The Bertz CT molecular complexity index is 150. The molecule has 1 N–H and O–H groups in total. The van der Waals surface area contributed by atoms with Crippen molar-refractivity contribution < 1.29 is 14.6 Å². The molecule has 0 bridgehead atoms. The topological polar surface area (TPSA) is 46.5 Å². The average Bonchev–Trinajstić information content (AvgIpc) is 2.15. The van der Waals surface area contributed by atoms with Gasteiger partial charge in [0.05, 0.1) is 6.61 Å². The van der Waals surface area contributed by atoms with Gasteiger partial charge >= 0.3 is 5.97 Å². The Hall–Kier alpha value is -0.0900. The Kier molecular flexibility index (Phi) is 9.40. The van der Waals surface area contributed by atoms with E-state index in [-0.39, 0.29) is 12.6 Å². The van der Waals surface area contributed by atoms with Crippen LogP contribution >= 0.6 is 15.9 Å². The second kappa shape index (κ2) is 9.46. The summed E-state index contributed by atoms with van der Waals surface area (Å²) in [6.07, 6.45) is 4.07. The van der Waals surface area contributed by atoms with Gasteiger partial charge in [-0.1, -0.05) is 15.9 Å². The number of rotatable bonds is 8. The zero-order valence-corrected chi connectivity index (χ0v) is 10.3. The fourth-order valence-electron chi connectivity index (χ4n) is 1.16. The lowest BCUT2D eigenvalue weighted by Gasteiger charge is -2.07.